The molecule has 0 aromatic rings. The van der Waals surface area contributed by atoms with Crippen molar-refractivity contribution in [3.8, 4) is 0 Å². The highest BCUT2D eigenvalue weighted by Crippen LogP contribution is 1.92. The number of Topliss-reactive ketones (excluding diaryl/α,β-unsaturated/α-hetero) is 1. The predicted molar refractivity (Wildman–Crippen MR) is 63.1 cm³/mol. The van der Waals surface area contributed by atoms with E-state index in [1.807, 2.05) is 0 Å². The van der Waals surface area contributed by atoms with Gasteiger partial charge in [-0.25, -0.2) is 0 Å². The van der Waals surface area contributed by atoms with Gasteiger partial charge in [0, 0.05) is 12.9 Å². The van der Waals surface area contributed by atoms with Crippen LogP contribution in [0.2, 0.25) is 0 Å². The second-order valence-electron chi connectivity index (χ2n) is 4.45. The quantitative estimate of drug-likeness (QED) is 0.363. The first kappa shape index (κ1) is 18.9. The third-order valence-corrected chi connectivity index (χ3v) is 1.72. The van der Waals surface area contributed by atoms with Gasteiger partial charge in [-0.15, -0.1) is 0 Å². The van der Waals surface area contributed by atoms with Crippen LogP contribution < -0.4 is 10.4 Å². The molecule has 0 aliphatic carbocycles. The summed E-state index contributed by atoms with van der Waals surface area (Å²) in [4.78, 5) is 30.9. The molecule has 6 heteroatoms. The fourth-order valence-corrected chi connectivity index (χ4v) is 0.570. The molecule has 0 amide bonds. The molecule has 0 bridgehead atoms. The Morgan fingerprint density at radius 1 is 1.11 bits per heavy atom. The van der Waals surface area contributed by atoms with Crippen molar-refractivity contribution >= 4 is 17.7 Å². The van der Waals surface area contributed by atoms with E-state index in [4.69, 9.17) is 4.74 Å². The fraction of sp³-hybridized carbons (Fsp3) is 0.750. The van der Waals surface area contributed by atoms with Crippen LogP contribution in [0.25, 0.3) is 0 Å². The molecule has 18 heavy (non-hydrogen) atoms. The molecule has 0 aliphatic rings. The number of ether oxygens (including phenoxy) is 1. The van der Waals surface area contributed by atoms with Crippen LogP contribution in [0.4, 0.5) is 0 Å². The molecular weight excluding hydrogens is 238 g/mol. The lowest BCUT2D eigenvalue weighted by Crippen LogP contribution is -2.86. The Morgan fingerprint density at radius 2 is 1.56 bits per heavy atom. The van der Waals surface area contributed by atoms with E-state index in [2.05, 4.69) is 0 Å². The van der Waals surface area contributed by atoms with E-state index in [1.165, 1.54) is 6.92 Å². The summed E-state index contributed by atoms with van der Waals surface area (Å²) in [5.74, 6) is -1.58. The minimum absolute atomic E-state index is 0.0793. The topological polar surface area (TPSA) is 100 Å². The van der Waals surface area contributed by atoms with Gasteiger partial charge in [0.05, 0.1) is 5.92 Å². The van der Waals surface area contributed by atoms with Crippen molar-refractivity contribution in [2.75, 3.05) is 13.3 Å². The van der Waals surface area contributed by atoms with Gasteiger partial charge in [-0.1, -0.05) is 27.7 Å². The van der Waals surface area contributed by atoms with Crippen LogP contribution in [0.3, 0.4) is 0 Å². The molecule has 106 valence electrons. The summed E-state index contributed by atoms with van der Waals surface area (Å²) in [5.41, 5.74) is 0. The van der Waals surface area contributed by atoms with Crippen molar-refractivity contribution in [2.45, 2.75) is 34.6 Å². The molecule has 0 saturated carbocycles. The molecule has 0 heterocycles. The molecule has 0 aromatic heterocycles. The summed E-state index contributed by atoms with van der Waals surface area (Å²) in [6.07, 6.45) is 0. The first-order valence-corrected chi connectivity index (χ1v) is 5.87. The Morgan fingerprint density at radius 3 is 1.83 bits per heavy atom. The van der Waals surface area contributed by atoms with E-state index >= 15 is 0 Å². The van der Waals surface area contributed by atoms with Gasteiger partial charge in [-0.3, -0.25) is 9.59 Å². The summed E-state index contributed by atoms with van der Waals surface area (Å²) in [7, 11) is 0. The van der Waals surface area contributed by atoms with E-state index in [0.29, 0.717) is 6.54 Å². The maximum Gasteiger partial charge on any atom is 0.312 e. The minimum Gasteiger partial charge on any atom is -0.550 e. The van der Waals surface area contributed by atoms with Gasteiger partial charge >= 0.3 is 5.97 Å². The van der Waals surface area contributed by atoms with Crippen LogP contribution in [0.1, 0.15) is 34.6 Å². The highest BCUT2D eigenvalue weighted by atomic mass is 16.5. The van der Waals surface area contributed by atoms with Crippen molar-refractivity contribution in [3.63, 3.8) is 0 Å². The molecule has 0 saturated heterocycles. The maximum absolute atomic E-state index is 10.9. The van der Waals surface area contributed by atoms with Crippen molar-refractivity contribution in [1.82, 2.24) is 0 Å². The fourth-order valence-electron chi connectivity index (χ4n) is 0.570. The largest absolute Gasteiger partial charge is 0.550 e. The van der Waals surface area contributed by atoms with Crippen molar-refractivity contribution < 1.29 is 29.5 Å². The highest BCUT2D eigenvalue weighted by Gasteiger charge is 2.08. The van der Waals surface area contributed by atoms with Crippen LogP contribution >= 0.6 is 0 Å². The Kier molecular flexibility index (Phi) is 11.3. The van der Waals surface area contributed by atoms with Gasteiger partial charge in [0.2, 0.25) is 6.73 Å². The molecule has 0 unspecified atom stereocenters. The Balaban J connectivity index is 0. The lowest BCUT2D eigenvalue weighted by atomic mass is 10.2. The number of hydrogen-bond donors (Lipinski definition) is 1. The monoisotopic (exact) mass is 261 g/mol. The number of carboxylic acids is 1. The summed E-state index contributed by atoms with van der Waals surface area (Å²) >= 11 is 0. The maximum atomic E-state index is 10.9. The number of aliphatic carboxylic acids is 1. The molecule has 0 radical (unpaired) electrons. The zero-order valence-electron chi connectivity index (χ0n) is 11.7. The minimum atomic E-state index is -0.991. The SMILES string of the molecule is CC(=O)C[NH2+]COC(=O)C(C)C.CC(C)C(=O)[O-]. The van der Waals surface area contributed by atoms with E-state index in [0.717, 1.165) is 0 Å². The Hall–Kier alpha value is -1.43. The molecule has 0 fully saturated rings. The van der Waals surface area contributed by atoms with E-state index in [9.17, 15) is 19.5 Å². The van der Waals surface area contributed by atoms with Crippen LogP contribution in [-0.4, -0.2) is 31.0 Å². The Labute approximate surface area is 108 Å². The lowest BCUT2D eigenvalue weighted by Gasteiger charge is -2.04. The second-order valence-corrected chi connectivity index (χ2v) is 4.45. The number of carbonyl (C=O) groups excluding carboxylic acids is 3. The average Bonchev–Trinajstić information content (AvgIpc) is 2.24. The summed E-state index contributed by atoms with van der Waals surface area (Å²) < 4.78 is 4.81. The summed E-state index contributed by atoms with van der Waals surface area (Å²) in [5, 5.41) is 11.2. The number of ketones is 1. The first-order chi connectivity index (χ1) is 8.18. The zero-order valence-corrected chi connectivity index (χ0v) is 11.7. The number of carboxylic acid groups (broad SMARTS) is 1. The van der Waals surface area contributed by atoms with Crippen LogP contribution in [0, 0.1) is 11.8 Å². The number of rotatable bonds is 6. The molecule has 0 spiro atoms. The van der Waals surface area contributed by atoms with Gasteiger partial charge in [0.25, 0.3) is 0 Å². The van der Waals surface area contributed by atoms with Gasteiger partial charge in [-0.05, 0) is 5.92 Å². The summed E-state index contributed by atoms with van der Waals surface area (Å²) in [6.45, 7) is 8.80. The first-order valence-electron chi connectivity index (χ1n) is 5.87. The van der Waals surface area contributed by atoms with Crippen LogP contribution in [0.5, 0.6) is 0 Å². The van der Waals surface area contributed by atoms with E-state index in [1.54, 1.807) is 33.0 Å². The number of nitrogens with two attached hydrogens (primary N) is 1. The third-order valence-electron chi connectivity index (χ3n) is 1.72. The number of quaternary nitrogens is 1. The molecule has 0 rings (SSSR count). The predicted octanol–water partition coefficient (Wildman–Crippen LogP) is -1.31. The summed E-state index contributed by atoms with van der Waals surface area (Å²) in [6, 6.07) is 0. The van der Waals surface area contributed by atoms with Crippen molar-refractivity contribution in [3.05, 3.63) is 0 Å². The molecule has 2 N–H and O–H groups in total. The highest BCUT2D eigenvalue weighted by molar-refractivity contribution is 5.76. The molecule has 0 aliphatic heterocycles. The van der Waals surface area contributed by atoms with Crippen LogP contribution in [0.15, 0.2) is 0 Å². The molecular formula is C12H23NO5. The van der Waals surface area contributed by atoms with Gasteiger partial charge in [0.15, 0.2) is 5.78 Å². The molecule has 6 nitrogen and oxygen atoms in total. The standard InChI is InChI=1S/C8H15NO3.C4H8O2/c1-6(2)8(11)12-5-9-4-7(3)10;1-3(2)4(5)6/h6,9H,4-5H2,1-3H3;3H,1-2H3,(H,5,6). The lowest BCUT2D eigenvalue weighted by molar-refractivity contribution is -0.672. The van der Waals surface area contributed by atoms with Gasteiger partial charge in [0.1, 0.15) is 6.54 Å². The number of esters is 1. The van der Waals surface area contributed by atoms with Crippen LogP contribution in [-0.2, 0) is 19.1 Å². The number of hydrogen-bond acceptors (Lipinski definition) is 5. The average molecular weight is 261 g/mol. The third kappa shape index (κ3) is 14.6. The Bertz CT molecular complexity index is 274. The van der Waals surface area contributed by atoms with Crippen molar-refractivity contribution in [2.24, 2.45) is 11.8 Å². The normalized spacial score (nSPS) is 9.72. The van der Waals surface area contributed by atoms with E-state index in [-0.39, 0.29) is 30.3 Å². The number of carbonyl (C=O) groups is 3. The molecule has 0 aromatic carbocycles. The second kappa shape index (κ2) is 10.7. The van der Waals surface area contributed by atoms with Gasteiger partial charge < -0.3 is 20.0 Å². The van der Waals surface area contributed by atoms with Gasteiger partial charge in [-0.2, -0.15) is 0 Å². The van der Waals surface area contributed by atoms with E-state index < -0.39 is 5.97 Å². The molecule has 0 atom stereocenters. The zero-order chi connectivity index (χ0) is 14.7. The van der Waals surface area contributed by atoms with Crippen molar-refractivity contribution in [1.29, 1.82) is 0 Å². The smallest absolute Gasteiger partial charge is 0.312 e.